The maximum absolute atomic E-state index is 13.0. The summed E-state index contributed by atoms with van der Waals surface area (Å²) in [5.74, 6) is -0.189. The van der Waals surface area contributed by atoms with Crippen molar-refractivity contribution in [1.82, 2.24) is 5.32 Å². The van der Waals surface area contributed by atoms with Crippen LogP contribution in [0.15, 0.2) is 12.2 Å². The maximum Gasteiger partial charge on any atom is 0.268 e. The number of hydrogen-bond acceptors (Lipinski definition) is 6. The molecule has 1 unspecified atom stereocenters. The Morgan fingerprint density at radius 3 is 1.03 bits per heavy atom. The Bertz CT molecular complexity index is 1200. The molecule has 0 heterocycles. The third kappa shape index (κ3) is 58.8. The highest BCUT2D eigenvalue weighted by Crippen LogP contribution is 2.38. The van der Waals surface area contributed by atoms with Crippen LogP contribution < -0.4 is 10.2 Å². The molecule has 73 heavy (non-hydrogen) atoms. The minimum atomic E-state index is -4.59. The number of carbonyl (C=O) groups is 1. The minimum Gasteiger partial charge on any atom is -0.756 e. The molecule has 0 fully saturated rings. The van der Waals surface area contributed by atoms with Crippen molar-refractivity contribution in [1.29, 1.82) is 0 Å². The molecule has 0 spiro atoms. The van der Waals surface area contributed by atoms with Crippen molar-refractivity contribution in [3.63, 3.8) is 0 Å². The lowest BCUT2D eigenvalue weighted by Crippen LogP contribution is -2.45. The van der Waals surface area contributed by atoms with Gasteiger partial charge in [0.1, 0.15) is 13.2 Å². The van der Waals surface area contributed by atoms with Gasteiger partial charge in [0, 0.05) is 6.42 Å². The lowest BCUT2D eigenvalue weighted by Gasteiger charge is -2.29. The van der Waals surface area contributed by atoms with E-state index in [0.29, 0.717) is 17.4 Å². The Hall–Kier alpha value is -0.760. The first-order valence-electron chi connectivity index (χ1n) is 32.6. The van der Waals surface area contributed by atoms with E-state index in [4.69, 9.17) is 9.05 Å². The van der Waals surface area contributed by atoms with Gasteiger partial charge < -0.3 is 28.8 Å². The van der Waals surface area contributed by atoms with Gasteiger partial charge in [0.25, 0.3) is 7.82 Å². The molecule has 0 radical (unpaired) electrons. The van der Waals surface area contributed by atoms with Gasteiger partial charge in [0.15, 0.2) is 0 Å². The Balaban J connectivity index is 3.96. The fourth-order valence-electron chi connectivity index (χ4n) is 10.2. The highest BCUT2D eigenvalue weighted by molar-refractivity contribution is 7.45. The summed E-state index contributed by atoms with van der Waals surface area (Å²) in [5.41, 5.74) is 0. The van der Waals surface area contributed by atoms with Gasteiger partial charge in [-0.1, -0.05) is 328 Å². The van der Waals surface area contributed by atoms with Gasteiger partial charge in [-0.15, -0.1) is 0 Å². The van der Waals surface area contributed by atoms with Gasteiger partial charge in [-0.2, -0.15) is 0 Å². The standard InChI is InChI=1S/C64H129N2O6P/c1-6-8-10-12-14-16-18-20-22-24-25-26-27-28-29-30-31-32-33-34-35-36-37-38-39-40-42-44-46-48-50-52-54-56-58-64(68)65-62(61-72-73(69,70)71-60-59-66(3,4)5)63(67)57-55-53-51-49-47-45-43-41-23-21-19-17-15-13-11-9-7-2/h55,57,62-63,67H,6-54,56,58-61H2,1-5H3,(H-,65,68,69,70)/b57-55+/t62-,63+/m0/s1. The number of amides is 1. The molecule has 8 nitrogen and oxygen atoms in total. The first kappa shape index (κ1) is 72.2. The average molecular weight is 1050 g/mol. The Morgan fingerprint density at radius 2 is 0.740 bits per heavy atom. The fourth-order valence-corrected chi connectivity index (χ4v) is 10.9. The number of likely N-dealkylation sites (N-methyl/N-ethyl adjacent to an activating group) is 1. The van der Waals surface area contributed by atoms with Gasteiger partial charge in [0.2, 0.25) is 5.91 Å². The zero-order chi connectivity index (χ0) is 53.5. The smallest absolute Gasteiger partial charge is 0.268 e. The molecule has 2 N–H and O–H groups in total. The monoisotopic (exact) mass is 1050 g/mol. The topological polar surface area (TPSA) is 108 Å². The predicted molar refractivity (Wildman–Crippen MR) is 316 cm³/mol. The van der Waals surface area contributed by atoms with E-state index in [2.05, 4.69) is 19.2 Å². The summed E-state index contributed by atoms with van der Waals surface area (Å²) in [6.07, 6.45) is 70.4. The highest BCUT2D eigenvalue weighted by atomic mass is 31.2. The number of aliphatic hydroxyl groups excluding tert-OH is 1. The first-order chi connectivity index (χ1) is 35.5. The van der Waals surface area contributed by atoms with E-state index in [1.807, 2.05) is 27.2 Å². The second-order valence-corrected chi connectivity index (χ2v) is 25.2. The molecule has 3 atom stereocenters. The second-order valence-electron chi connectivity index (χ2n) is 23.8. The summed E-state index contributed by atoms with van der Waals surface area (Å²) in [5, 5.41) is 13.9. The molecule has 0 saturated heterocycles. The molecular weight excluding hydrogens is 924 g/mol. The van der Waals surface area contributed by atoms with Crippen molar-refractivity contribution in [2.45, 2.75) is 353 Å². The molecule has 0 rings (SSSR count). The fraction of sp³-hybridized carbons (Fsp3) is 0.953. The van der Waals surface area contributed by atoms with E-state index in [-0.39, 0.29) is 19.1 Å². The third-order valence-corrected chi connectivity index (χ3v) is 16.2. The van der Waals surface area contributed by atoms with Crippen LogP contribution in [0.4, 0.5) is 0 Å². The highest BCUT2D eigenvalue weighted by Gasteiger charge is 2.23. The molecule has 9 heteroatoms. The number of aliphatic hydroxyl groups is 1. The number of quaternary nitrogens is 1. The lowest BCUT2D eigenvalue weighted by molar-refractivity contribution is -0.870. The predicted octanol–water partition coefficient (Wildman–Crippen LogP) is 19.5. The molecule has 0 aromatic rings. The van der Waals surface area contributed by atoms with Crippen molar-refractivity contribution < 1.29 is 32.9 Å². The maximum atomic E-state index is 13.0. The van der Waals surface area contributed by atoms with E-state index in [9.17, 15) is 19.4 Å². The van der Waals surface area contributed by atoms with Gasteiger partial charge in [0.05, 0.1) is 39.9 Å². The summed E-state index contributed by atoms with van der Waals surface area (Å²) in [6.45, 7) is 4.71. The SMILES string of the molecule is CCCCCCCCCCCCCCCCC/C=C/[C@@H](O)[C@H](COP(=O)([O-])OCC[N+](C)(C)C)NC(=O)CCCCCCCCCCCCCCCCCCCCCCCCCCCCCCCCCCCC. The molecule has 0 aromatic heterocycles. The molecule has 0 saturated carbocycles. The van der Waals surface area contributed by atoms with Crippen LogP contribution in [0.25, 0.3) is 0 Å². The molecule has 1 amide bonds. The largest absolute Gasteiger partial charge is 0.756 e. The number of phosphoric ester groups is 1. The van der Waals surface area contributed by atoms with Crippen LogP contribution in [-0.2, 0) is 18.4 Å². The molecular formula is C64H129N2O6P. The molecule has 0 bridgehead atoms. The molecule has 0 aliphatic heterocycles. The van der Waals surface area contributed by atoms with Crippen LogP contribution >= 0.6 is 7.82 Å². The number of rotatable bonds is 61. The van der Waals surface area contributed by atoms with E-state index >= 15 is 0 Å². The number of phosphoric acid groups is 1. The van der Waals surface area contributed by atoms with Crippen LogP contribution in [-0.4, -0.2) is 68.5 Å². The third-order valence-electron chi connectivity index (χ3n) is 15.2. The van der Waals surface area contributed by atoms with E-state index in [0.717, 1.165) is 38.5 Å². The van der Waals surface area contributed by atoms with Gasteiger partial charge in [-0.3, -0.25) is 9.36 Å². The van der Waals surface area contributed by atoms with Gasteiger partial charge in [-0.05, 0) is 19.3 Å². The average Bonchev–Trinajstić information content (AvgIpc) is 3.35. The number of hydrogen-bond donors (Lipinski definition) is 2. The summed E-state index contributed by atoms with van der Waals surface area (Å²) >= 11 is 0. The molecule has 0 aromatic carbocycles. The van der Waals surface area contributed by atoms with Crippen LogP contribution in [0, 0.1) is 0 Å². The number of unbranched alkanes of at least 4 members (excludes halogenated alkanes) is 48. The molecule has 0 aliphatic rings. The molecule has 436 valence electrons. The lowest BCUT2D eigenvalue weighted by atomic mass is 10.0. The van der Waals surface area contributed by atoms with Crippen LogP contribution in [0.2, 0.25) is 0 Å². The molecule has 0 aliphatic carbocycles. The first-order valence-corrected chi connectivity index (χ1v) is 34.0. The number of carbonyl (C=O) groups excluding carboxylic acids is 1. The number of nitrogens with one attached hydrogen (secondary N) is 1. The Kier molecular flexibility index (Phi) is 55.4. The van der Waals surface area contributed by atoms with E-state index in [1.165, 1.54) is 283 Å². The van der Waals surface area contributed by atoms with Crippen molar-refractivity contribution >= 4 is 13.7 Å². The quantitative estimate of drug-likeness (QED) is 0.0272. The zero-order valence-corrected chi connectivity index (χ0v) is 50.8. The van der Waals surface area contributed by atoms with Crippen LogP contribution in [0.1, 0.15) is 341 Å². The van der Waals surface area contributed by atoms with E-state index < -0.39 is 20.0 Å². The Labute approximate surface area is 456 Å². The summed E-state index contributed by atoms with van der Waals surface area (Å²) in [6, 6.07) is -0.882. The Morgan fingerprint density at radius 1 is 0.466 bits per heavy atom. The minimum absolute atomic E-state index is 0.00273. The van der Waals surface area contributed by atoms with Crippen LogP contribution in [0.5, 0.6) is 0 Å². The summed E-state index contributed by atoms with van der Waals surface area (Å²) in [4.78, 5) is 25.5. The van der Waals surface area contributed by atoms with Crippen molar-refractivity contribution in [3.8, 4) is 0 Å². The van der Waals surface area contributed by atoms with E-state index in [1.54, 1.807) is 6.08 Å². The van der Waals surface area contributed by atoms with Crippen LogP contribution in [0.3, 0.4) is 0 Å². The number of allylic oxidation sites excluding steroid dienone is 1. The normalized spacial score (nSPS) is 13.8. The number of nitrogens with zero attached hydrogens (tertiary/aromatic N) is 1. The summed E-state index contributed by atoms with van der Waals surface area (Å²) in [7, 11) is 1.28. The zero-order valence-electron chi connectivity index (χ0n) is 49.9. The van der Waals surface area contributed by atoms with Gasteiger partial charge >= 0.3 is 0 Å². The van der Waals surface area contributed by atoms with Crippen molar-refractivity contribution in [2.24, 2.45) is 0 Å². The second kappa shape index (κ2) is 56.0. The van der Waals surface area contributed by atoms with Gasteiger partial charge in [-0.25, -0.2) is 0 Å². The van der Waals surface area contributed by atoms with Crippen molar-refractivity contribution in [3.05, 3.63) is 12.2 Å². The van der Waals surface area contributed by atoms with Crippen molar-refractivity contribution in [2.75, 3.05) is 40.9 Å². The summed E-state index contributed by atoms with van der Waals surface area (Å²) < 4.78 is 23.4.